The number of likely N-dealkylation sites (tertiary alicyclic amines) is 1. The van der Waals surface area contributed by atoms with Crippen molar-refractivity contribution >= 4 is 5.91 Å². The van der Waals surface area contributed by atoms with Crippen LogP contribution in [0.2, 0.25) is 0 Å². The first-order valence-electron chi connectivity index (χ1n) is 9.57. The van der Waals surface area contributed by atoms with Crippen LogP contribution in [0.15, 0.2) is 59.1 Å². The van der Waals surface area contributed by atoms with Crippen LogP contribution < -0.4 is 0 Å². The van der Waals surface area contributed by atoms with E-state index < -0.39 is 0 Å². The summed E-state index contributed by atoms with van der Waals surface area (Å²) in [6.07, 6.45) is 4.30. The lowest BCUT2D eigenvalue weighted by atomic mass is 9.97. The van der Waals surface area contributed by atoms with Crippen LogP contribution in [0.5, 0.6) is 0 Å². The van der Waals surface area contributed by atoms with Crippen molar-refractivity contribution in [1.82, 2.24) is 15.0 Å². The molecule has 1 fully saturated rings. The smallest absolute Gasteiger partial charge is 0.259 e. The molecule has 138 valence electrons. The number of benzene rings is 2. The van der Waals surface area contributed by atoms with E-state index >= 15 is 0 Å². The number of carbonyl (C=O) groups is 1. The third-order valence-electron chi connectivity index (χ3n) is 5.21. The van der Waals surface area contributed by atoms with Gasteiger partial charge in [-0.3, -0.25) is 4.79 Å². The molecule has 0 radical (unpaired) electrons. The first-order chi connectivity index (χ1) is 13.3. The molecule has 1 amide bonds. The van der Waals surface area contributed by atoms with Crippen LogP contribution in [0, 0.1) is 0 Å². The average Bonchev–Trinajstić information content (AvgIpc) is 3.24. The van der Waals surface area contributed by atoms with Crippen molar-refractivity contribution in [3.8, 4) is 22.8 Å². The Hall–Kier alpha value is -2.95. The number of piperidine rings is 1. The quantitative estimate of drug-likeness (QED) is 0.669. The number of hydrogen-bond donors (Lipinski definition) is 0. The highest BCUT2D eigenvalue weighted by atomic mass is 16.5. The second kappa shape index (κ2) is 7.74. The Morgan fingerprint density at radius 3 is 2.70 bits per heavy atom. The lowest BCUT2D eigenvalue weighted by Crippen LogP contribution is -2.43. The zero-order valence-electron chi connectivity index (χ0n) is 15.5. The summed E-state index contributed by atoms with van der Waals surface area (Å²) in [5.74, 6) is 0.955. The van der Waals surface area contributed by atoms with Crippen molar-refractivity contribution in [2.45, 2.75) is 38.6 Å². The highest BCUT2D eigenvalue weighted by Crippen LogP contribution is 2.28. The summed E-state index contributed by atoms with van der Waals surface area (Å²) in [4.78, 5) is 19.8. The topological polar surface area (TPSA) is 59.2 Å². The van der Waals surface area contributed by atoms with Gasteiger partial charge in [-0.15, -0.1) is 0 Å². The fraction of sp³-hybridized carbons (Fsp3) is 0.318. The van der Waals surface area contributed by atoms with Crippen LogP contribution in [0.1, 0.15) is 43.0 Å². The molecule has 0 spiro atoms. The number of carbonyl (C=O) groups excluding carboxylic acids is 1. The minimum absolute atomic E-state index is 0.0524. The molecule has 5 heteroatoms. The van der Waals surface area contributed by atoms with E-state index in [4.69, 9.17) is 4.52 Å². The molecule has 0 unspecified atom stereocenters. The molecule has 27 heavy (non-hydrogen) atoms. The van der Waals surface area contributed by atoms with E-state index in [1.54, 1.807) is 0 Å². The van der Waals surface area contributed by atoms with Crippen LogP contribution >= 0.6 is 0 Å². The maximum absolute atomic E-state index is 13.3. The predicted molar refractivity (Wildman–Crippen MR) is 104 cm³/mol. The fourth-order valence-corrected chi connectivity index (χ4v) is 3.74. The van der Waals surface area contributed by atoms with Gasteiger partial charge >= 0.3 is 0 Å². The van der Waals surface area contributed by atoms with Crippen molar-refractivity contribution in [2.24, 2.45) is 0 Å². The zero-order chi connectivity index (χ0) is 18.6. The van der Waals surface area contributed by atoms with E-state index in [2.05, 4.69) is 17.1 Å². The van der Waals surface area contributed by atoms with Gasteiger partial charge in [-0.1, -0.05) is 54.5 Å². The summed E-state index contributed by atoms with van der Waals surface area (Å²) in [6.45, 7) is 2.96. The highest BCUT2D eigenvalue weighted by Gasteiger charge is 2.28. The molecule has 1 atom stereocenters. The van der Waals surface area contributed by atoms with Gasteiger partial charge in [-0.25, -0.2) is 0 Å². The van der Waals surface area contributed by atoms with Crippen LogP contribution in [0.4, 0.5) is 0 Å². The third-order valence-corrected chi connectivity index (χ3v) is 5.21. The maximum atomic E-state index is 13.3. The molecule has 0 N–H and O–H groups in total. The molecular weight excluding hydrogens is 338 g/mol. The molecule has 0 aliphatic carbocycles. The maximum Gasteiger partial charge on any atom is 0.259 e. The van der Waals surface area contributed by atoms with E-state index in [1.807, 2.05) is 59.5 Å². The molecule has 1 aliphatic heterocycles. The molecule has 2 aromatic carbocycles. The zero-order valence-corrected chi connectivity index (χ0v) is 15.5. The Labute approximate surface area is 159 Å². The largest absolute Gasteiger partial charge is 0.336 e. The minimum Gasteiger partial charge on any atom is -0.336 e. The molecule has 2 heterocycles. The summed E-state index contributed by atoms with van der Waals surface area (Å²) in [6, 6.07) is 17.5. The monoisotopic (exact) mass is 361 g/mol. The van der Waals surface area contributed by atoms with Gasteiger partial charge in [0.25, 0.3) is 11.8 Å². The number of amides is 1. The Morgan fingerprint density at radius 2 is 1.89 bits per heavy atom. The molecule has 3 aromatic rings. The average molecular weight is 361 g/mol. The Kier molecular flexibility index (Phi) is 5.01. The predicted octanol–water partition coefficient (Wildman–Crippen LogP) is 4.81. The van der Waals surface area contributed by atoms with Gasteiger partial charge in [0.05, 0.1) is 11.1 Å². The van der Waals surface area contributed by atoms with Gasteiger partial charge in [0.15, 0.2) is 0 Å². The minimum atomic E-state index is 0.0524. The van der Waals surface area contributed by atoms with E-state index in [0.717, 1.165) is 31.4 Å². The van der Waals surface area contributed by atoms with E-state index in [0.29, 0.717) is 28.9 Å². The van der Waals surface area contributed by atoms with E-state index in [1.165, 1.54) is 6.42 Å². The molecule has 0 saturated carbocycles. The van der Waals surface area contributed by atoms with Gasteiger partial charge in [-0.2, -0.15) is 4.98 Å². The normalized spacial score (nSPS) is 17.1. The molecule has 1 aromatic heterocycles. The molecule has 0 bridgehead atoms. The van der Waals surface area contributed by atoms with Crippen molar-refractivity contribution in [3.05, 3.63) is 60.2 Å². The van der Waals surface area contributed by atoms with Crippen molar-refractivity contribution in [3.63, 3.8) is 0 Å². The summed E-state index contributed by atoms with van der Waals surface area (Å²) in [7, 11) is 0. The lowest BCUT2D eigenvalue weighted by Gasteiger charge is -2.35. The summed E-state index contributed by atoms with van der Waals surface area (Å²) in [5, 5.41) is 4.10. The van der Waals surface area contributed by atoms with Crippen molar-refractivity contribution in [1.29, 1.82) is 0 Å². The van der Waals surface area contributed by atoms with Gasteiger partial charge in [-0.05, 0) is 37.8 Å². The highest BCUT2D eigenvalue weighted by molar-refractivity contribution is 6.00. The van der Waals surface area contributed by atoms with Crippen LogP contribution in [-0.4, -0.2) is 33.5 Å². The molecular formula is C22H23N3O2. The summed E-state index contributed by atoms with van der Waals surface area (Å²) in [5.41, 5.74) is 2.21. The first-order valence-corrected chi connectivity index (χ1v) is 9.57. The Morgan fingerprint density at radius 1 is 1.11 bits per heavy atom. The van der Waals surface area contributed by atoms with E-state index in [9.17, 15) is 4.79 Å². The molecule has 1 aliphatic rings. The second-order valence-electron chi connectivity index (χ2n) is 6.89. The summed E-state index contributed by atoms with van der Waals surface area (Å²) < 4.78 is 5.50. The number of rotatable bonds is 4. The lowest BCUT2D eigenvalue weighted by molar-refractivity contribution is 0.0608. The summed E-state index contributed by atoms with van der Waals surface area (Å²) >= 11 is 0. The number of aromatic nitrogens is 2. The van der Waals surface area contributed by atoms with Crippen LogP contribution in [-0.2, 0) is 0 Å². The van der Waals surface area contributed by atoms with Crippen molar-refractivity contribution in [2.75, 3.05) is 6.54 Å². The van der Waals surface area contributed by atoms with Gasteiger partial charge in [0, 0.05) is 18.2 Å². The van der Waals surface area contributed by atoms with Gasteiger partial charge in [0.2, 0.25) is 5.82 Å². The van der Waals surface area contributed by atoms with Gasteiger partial charge < -0.3 is 9.42 Å². The fourth-order valence-electron chi connectivity index (χ4n) is 3.74. The second-order valence-corrected chi connectivity index (χ2v) is 6.89. The number of hydrogen-bond acceptors (Lipinski definition) is 4. The van der Waals surface area contributed by atoms with E-state index in [-0.39, 0.29) is 5.91 Å². The Bertz CT molecular complexity index is 920. The van der Waals surface area contributed by atoms with Crippen molar-refractivity contribution < 1.29 is 9.32 Å². The van der Waals surface area contributed by atoms with Gasteiger partial charge in [0.1, 0.15) is 0 Å². The molecule has 1 saturated heterocycles. The molecule has 4 rings (SSSR count). The Balaban J connectivity index is 1.68. The van der Waals surface area contributed by atoms with Crippen LogP contribution in [0.3, 0.4) is 0 Å². The molecule has 5 nitrogen and oxygen atoms in total. The third kappa shape index (κ3) is 3.50. The van der Waals surface area contributed by atoms with Crippen LogP contribution in [0.25, 0.3) is 22.8 Å². The first kappa shape index (κ1) is 17.5. The number of nitrogens with zero attached hydrogens (tertiary/aromatic N) is 3. The standard InChI is InChI=1S/C22H23N3O2/c1-2-17-12-8-9-15-25(17)22(26)19-14-7-6-13-18(19)21-23-20(24-27-21)16-10-4-3-5-11-16/h3-7,10-11,13-14,17H,2,8-9,12,15H2,1H3/t17-/m0/s1. The SMILES string of the molecule is CC[C@H]1CCCCN1C(=O)c1ccccc1-c1nc(-c2ccccc2)no1.